The zero-order valence-electron chi connectivity index (χ0n) is 10.0. The lowest BCUT2D eigenvalue weighted by molar-refractivity contribution is 0.112. The van der Waals surface area contributed by atoms with Gasteiger partial charge in [0.2, 0.25) is 0 Å². The molecule has 5 heteroatoms. The number of hydrogen-bond donors (Lipinski definition) is 0. The Labute approximate surface area is 116 Å². The molecular weight excluding hydrogens is 271 g/mol. The maximum atomic E-state index is 6.18. The Bertz CT molecular complexity index is 523. The second-order valence-corrected chi connectivity index (χ2v) is 4.50. The van der Waals surface area contributed by atoms with Gasteiger partial charge in [0, 0.05) is 7.11 Å². The number of nitrogens with zero attached hydrogens (tertiary/aromatic N) is 2. The Hall–Kier alpha value is -1.16. The van der Waals surface area contributed by atoms with Crippen molar-refractivity contribution in [2.45, 2.75) is 13.0 Å². The topological polar surface area (TPSA) is 35.0 Å². The molecule has 0 saturated carbocycles. The first kappa shape index (κ1) is 13.3. The van der Waals surface area contributed by atoms with Crippen LogP contribution in [-0.4, -0.2) is 17.1 Å². The highest BCUT2D eigenvalue weighted by molar-refractivity contribution is 6.37. The van der Waals surface area contributed by atoms with E-state index in [0.717, 1.165) is 5.56 Å². The normalized spacial score (nSPS) is 12.4. The predicted molar refractivity (Wildman–Crippen MR) is 72.9 cm³/mol. The van der Waals surface area contributed by atoms with Crippen molar-refractivity contribution >= 4 is 23.2 Å². The van der Waals surface area contributed by atoms with Crippen LogP contribution >= 0.6 is 23.2 Å². The summed E-state index contributed by atoms with van der Waals surface area (Å²) in [6.45, 7) is 1.84. The quantitative estimate of drug-likeness (QED) is 0.793. The van der Waals surface area contributed by atoms with Gasteiger partial charge in [-0.15, -0.1) is 0 Å². The molecule has 2 rings (SSSR count). The first-order chi connectivity index (χ1) is 8.63. The lowest BCUT2D eigenvalue weighted by Crippen LogP contribution is -2.04. The van der Waals surface area contributed by atoms with Gasteiger partial charge in [-0.05, 0) is 12.5 Å². The van der Waals surface area contributed by atoms with Crippen molar-refractivity contribution in [2.75, 3.05) is 7.11 Å². The molecule has 1 atom stereocenters. The minimum absolute atomic E-state index is 0.246. The summed E-state index contributed by atoms with van der Waals surface area (Å²) in [4.78, 5) is 8.45. The van der Waals surface area contributed by atoms with Crippen LogP contribution in [0.3, 0.4) is 0 Å². The lowest BCUT2D eigenvalue weighted by Gasteiger charge is -2.11. The average Bonchev–Trinajstić information content (AvgIpc) is 2.38. The average molecular weight is 283 g/mol. The molecule has 0 fully saturated rings. The van der Waals surface area contributed by atoms with Crippen LogP contribution in [-0.2, 0) is 4.74 Å². The first-order valence-electron chi connectivity index (χ1n) is 5.44. The van der Waals surface area contributed by atoms with Gasteiger partial charge in [-0.3, -0.25) is 0 Å². The van der Waals surface area contributed by atoms with Crippen LogP contribution in [0.15, 0.2) is 30.3 Å². The van der Waals surface area contributed by atoms with Crippen LogP contribution in [0.2, 0.25) is 10.3 Å². The smallest absolute Gasteiger partial charge is 0.160 e. The van der Waals surface area contributed by atoms with E-state index >= 15 is 0 Å². The molecule has 0 aliphatic heterocycles. The standard InChI is InChI=1S/C13H12Cl2N2O/c1-8(18-2)13-16-11(14)10(12(15)17-13)9-6-4-3-5-7-9/h3-8H,1-2H3. The predicted octanol–water partition coefficient (Wildman–Crippen LogP) is 4.16. The van der Waals surface area contributed by atoms with Gasteiger partial charge < -0.3 is 4.74 Å². The maximum Gasteiger partial charge on any atom is 0.160 e. The molecule has 1 heterocycles. The van der Waals surface area contributed by atoms with Gasteiger partial charge in [0.05, 0.1) is 5.56 Å². The molecule has 1 aromatic carbocycles. The first-order valence-corrected chi connectivity index (χ1v) is 6.20. The highest BCUT2D eigenvalue weighted by Gasteiger charge is 2.16. The molecule has 0 N–H and O–H groups in total. The third kappa shape index (κ3) is 2.64. The fourth-order valence-corrected chi connectivity index (χ4v) is 2.17. The minimum Gasteiger partial charge on any atom is -0.374 e. The highest BCUT2D eigenvalue weighted by atomic mass is 35.5. The lowest BCUT2D eigenvalue weighted by atomic mass is 10.1. The van der Waals surface area contributed by atoms with E-state index in [1.54, 1.807) is 7.11 Å². The molecule has 0 amide bonds. The Morgan fingerprint density at radius 3 is 2.11 bits per heavy atom. The van der Waals surface area contributed by atoms with E-state index in [4.69, 9.17) is 27.9 Å². The van der Waals surface area contributed by atoms with Crippen molar-refractivity contribution in [3.8, 4) is 11.1 Å². The number of aromatic nitrogens is 2. The van der Waals surface area contributed by atoms with E-state index < -0.39 is 0 Å². The minimum atomic E-state index is -0.246. The summed E-state index contributed by atoms with van der Waals surface area (Å²) in [5.74, 6) is 0.479. The molecule has 18 heavy (non-hydrogen) atoms. The van der Waals surface area contributed by atoms with Crippen LogP contribution in [0.1, 0.15) is 18.9 Å². The van der Waals surface area contributed by atoms with Gasteiger partial charge in [-0.25, -0.2) is 9.97 Å². The highest BCUT2D eigenvalue weighted by Crippen LogP contribution is 2.33. The van der Waals surface area contributed by atoms with E-state index in [9.17, 15) is 0 Å². The zero-order valence-corrected chi connectivity index (χ0v) is 11.5. The molecule has 0 aliphatic carbocycles. The fraction of sp³-hybridized carbons (Fsp3) is 0.231. The van der Waals surface area contributed by atoms with Gasteiger partial charge >= 0.3 is 0 Å². The van der Waals surface area contributed by atoms with Gasteiger partial charge in [-0.1, -0.05) is 53.5 Å². The van der Waals surface area contributed by atoms with Gasteiger partial charge in [0.25, 0.3) is 0 Å². The summed E-state index contributed by atoms with van der Waals surface area (Å²) >= 11 is 12.4. The van der Waals surface area contributed by atoms with Gasteiger partial charge in [0.15, 0.2) is 5.82 Å². The molecule has 0 radical (unpaired) electrons. The molecule has 1 aromatic heterocycles. The van der Waals surface area contributed by atoms with Crippen LogP contribution < -0.4 is 0 Å². The molecule has 0 spiro atoms. The summed E-state index contributed by atoms with van der Waals surface area (Å²) in [6, 6.07) is 9.57. The van der Waals surface area contributed by atoms with Gasteiger partial charge in [-0.2, -0.15) is 0 Å². The van der Waals surface area contributed by atoms with E-state index in [0.29, 0.717) is 21.7 Å². The molecule has 3 nitrogen and oxygen atoms in total. The molecule has 0 saturated heterocycles. The number of benzene rings is 1. The third-order valence-electron chi connectivity index (χ3n) is 2.62. The molecule has 0 aliphatic rings. The molecule has 2 aromatic rings. The Balaban J connectivity index is 2.51. The molecule has 94 valence electrons. The molecule has 1 unspecified atom stereocenters. The van der Waals surface area contributed by atoms with Crippen molar-refractivity contribution in [1.29, 1.82) is 0 Å². The van der Waals surface area contributed by atoms with Gasteiger partial charge in [0.1, 0.15) is 16.4 Å². The summed E-state index contributed by atoms with van der Waals surface area (Å²) in [6.07, 6.45) is -0.246. The third-order valence-corrected chi connectivity index (χ3v) is 3.16. The van der Waals surface area contributed by atoms with Crippen LogP contribution in [0, 0.1) is 0 Å². The summed E-state index contributed by atoms with van der Waals surface area (Å²) in [5, 5.41) is 0.667. The van der Waals surface area contributed by atoms with E-state index in [1.165, 1.54) is 0 Å². The molecular formula is C13H12Cl2N2O. The maximum absolute atomic E-state index is 6.18. The summed E-state index contributed by atoms with van der Waals surface area (Å²) in [7, 11) is 1.58. The van der Waals surface area contributed by atoms with Crippen molar-refractivity contribution < 1.29 is 4.74 Å². The van der Waals surface area contributed by atoms with Crippen molar-refractivity contribution in [3.63, 3.8) is 0 Å². The monoisotopic (exact) mass is 282 g/mol. The number of halogens is 2. The second-order valence-electron chi connectivity index (χ2n) is 3.78. The Kier molecular flexibility index (Phi) is 4.17. The second kappa shape index (κ2) is 5.65. The Morgan fingerprint density at radius 2 is 1.61 bits per heavy atom. The molecule has 0 bridgehead atoms. The van der Waals surface area contributed by atoms with Crippen molar-refractivity contribution in [1.82, 2.24) is 9.97 Å². The van der Waals surface area contributed by atoms with Crippen molar-refractivity contribution in [3.05, 3.63) is 46.5 Å². The van der Waals surface area contributed by atoms with E-state index in [-0.39, 0.29) is 6.10 Å². The Morgan fingerprint density at radius 1 is 1.06 bits per heavy atom. The fourth-order valence-electron chi connectivity index (χ4n) is 1.55. The van der Waals surface area contributed by atoms with Crippen molar-refractivity contribution in [2.24, 2.45) is 0 Å². The number of hydrogen-bond acceptors (Lipinski definition) is 3. The number of ether oxygens (including phenoxy) is 1. The largest absolute Gasteiger partial charge is 0.374 e. The van der Waals surface area contributed by atoms with Crippen LogP contribution in [0.4, 0.5) is 0 Å². The summed E-state index contributed by atoms with van der Waals surface area (Å²) < 4.78 is 5.15. The van der Waals surface area contributed by atoms with Crippen LogP contribution in [0.25, 0.3) is 11.1 Å². The zero-order chi connectivity index (χ0) is 13.1. The number of methoxy groups -OCH3 is 1. The summed E-state index contributed by atoms with van der Waals surface area (Å²) in [5.41, 5.74) is 1.54. The van der Waals surface area contributed by atoms with Crippen LogP contribution in [0.5, 0.6) is 0 Å². The van der Waals surface area contributed by atoms with E-state index in [2.05, 4.69) is 9.97 Å². The number of rotatable bonds is 3. The SMILES string of the molecule is COC(C)c1nc(Cl)c(-c2ccccc2)c(Cl)n1. The van der Waals surface area contributed by atoms with E-state index in [1.807, 2.05) is 37.3 Å².